The largest absolute Gasteiger partial charge is 0.462 e. The van der Waals surface area contributed by atoms with Gasteiger partial charge in [0.25, 0.3) is 0 Å². The van der Waals surface area contributed by atoms with E-state index in [-0.39, 0.29) is 30.0 Å². The van der Waals surface area contributed by atoms with Gasteiger partial charge in [0.05, 0.1) is 36.9 Å². The normalized spacial score (nSPS) is 38.7. The monoisotopic (exact) mass is 722 g/mol. The lowest BCUT2D eigenvalue weighted by Crippen LogP contribution is -2.63. The highest BCUT2D eigenvalue weighted by Crippen LogP contribution is 2.35. The molecule has 3 aliphatic heterocycles. The van der Waals surface area contributed by atoms with Crippen LogP contribution in [0.3, 0.4) is 0 Å². The number of hydrogen-bond acceptors (Lipinski definition) is 11. The van der Waals surface area contributed by atoms with Gasteiger partial charge in [0, 0.05) is 24.3 Å². The number of carbonyl (C=O) groups is 2. The quantitative estimate of drug-likeness (QED) is 0.267. The van der Waals surface area contributed by atoms with E-state index < -0.39 is 60.8 Å². The van der Waals surface area contributed by atoms with Crippen LogP contribution in [0.25, 0.3) is 0 Å². The Bertz CT molecular complexity index is 1120. The number of ketones is 1. The number of ether oxygens (including phenoxy) is 3. The maximum atomic E-state index is 13.7. The number of carbonyl (C=O) groups excluding carboxylic acids is 2. The number of likely N-dealkylation sites (tertiary alicyclic amines) is 1. The number of aliphatic hydroxyl groups is 3. The maximum Gasteiger partial charge on any atom is 0.308 e. The smallest absolute Gasteiger partial charge is 0.308 e. The Hall–Kier alpha value is -1.70. The first-order valence-corrected chi connectivity index (χ1v) is 19.8. The molecular formula is C40H71N3O8. The summed E-state index contributed by atoms with van der Waals surface area (Å²) in [6, 6.07) is -0.635. The standard InChI is InChI=1S/C40H71N3O8/c1-10-34-31(25-42(11-2)12-3)22-26(4)16-17-32(44)27(5)23-30(18-21-43-19-14-13-15-20-43)39(28(6)33(45)24-35(46)50-34)51-40-38(48)36(41(8)9)37(47)29(7)49-40/h16-17,22,27-31,33-34,36-40,45,47-48H,10-15,18-21,23-25H2,1-9H3/b17-16+,26-22+/t27-,28+,29-,30+,31-,33-,34-,36+,37-,38-,39-,40+/m1/s1. The zero-order valence-electron chi connectivity index (χ0n) is 33.1. The zero-order valence-corrected chi connectivity index (χ0v) is 33.1. The molecule has 0 bridgehead atoms. The van der Waals surface area contributed by atoms with Crippen LogP contribution in [0, 0.1) is 23.7 Å². The van der Waals surface area contributed by atoms with Crippen molar-refractivity contribution in [1.29, 1.82) is 0 Å². The molecule has 3 rings (SSSR count). The number of hydrogen-bond donors (Lipinski definition) is 3. The second-order valence-corrected chi connectivity index (χ2v) is 15.7. The van der Waals surface area contributed by atoms with E-state index in [0.29, 0.717) is 25.8 Å². The van der Waals surface area contributed by atoms with Gasteiger partial charge in [0.2, 0.25) is 0 Å². The molecule has 0 radical (unpaired) electrons. The zero-order chi connectivity index (χ0) is 37.8. The number of cyclic esters (lactones) is 1. The van der Waals surface area contributed by atoms with Crippen LogP contribution in [0.1, 0.15) is 93.4 Å². The summed E-state index contributed by atoms with van der Waals surface area (Å²) in [5, 5.41) is 34.2. The minimum atomic E-state index is -1.17. The van der Waals surface area contributed by atoms with Crippen molar-refractivity contribution in [3.05, 3.63) is 23.8 Å². The van der Waals surface area contributed by atoms with Crippen LogP contribution < -0.4 is 0 Å². The van der Waals surface area contributed by atoms with Crippen LogP contribution >= 0.6 is 0 Å². The fraction of sp³-hybridized carbons (Fsp3) is 0.850. The molecule has 3 aliphatic rings. The number of esters is 1. The van der Waals surface area contributed by atoms with Crippen molar-refractivity contribution in [2.24, 2.45) is 23.7 Å². The van der Waals surface area contributed by atoms with Crippen LogP contribution in [0.5, 0.6) is 0 Å². The minimum Gasteiger partial charge on any atom is -0.462 e. The molecular weight excluding hydrogens is 650 g/mol. The van der Waals surface area contributed by atoms with Crippen LogP contribution in [0.4, 0.5) is 0 Å². The molecule has 3 heterocycles. The van der Waals surface area contributed by atoms with Gasteiger partial charge < -0.3 is 44.2 Å². The van der Waals surface area contributed by atoms with Gasteiger partial charge in [0.15, 0.2) is 12.1 Å². The van der Waals surface area contributed by atoms with Crippen molar-refractivity contribution < 1.29 is 39.1 Å². The second-order valence-electron chi connectivity index (χ2n) is 15.7. The van der Waals surface area contributed by atoms with Gasteiger partial charge >= 0.3 is 5.97 Å². The van der Waals surface area contributed by atoms with Gasteiger partial charge in [-0.1, -0.05) is 58.8 Å². The summed E-state index contributed by atoms with van der Waals surface area (Å²) in [6.45, 7) is 19.0. The van der Waals surface area contributed by atoms with E-state index in [2.05, 4.69) is 29.7 Å². The highest BCUT2D eigenvalue weighted by atomic mass is 16.7. The molecule has 294 valence electrons. The van der Waals surface area contributed by atoms with Crippen LogP contribution in [-0.4, -0.2) is 144 Å². The third kappa shape index (κ3) is 12.7. The first-order chi connectivity index (χ1) is 24.2. The molecule has 12 atom stereocenters. The fourth-order valence-corrected chi connectivity index (χ4v) is 8.17. The first kappa shape index (κ1) is 43.7. The average molecular weight is 722 g/mol. The Balaban J connectivity index is 2.04. The van der Waals surface area contributed by atoms with Crippen LogP contribution in [-0.2, 0) is 23.8 Å². The lowest BCUT2D eigenvalue weighted by molar-refractivity contribution is -0.304. The summed E-state index contributed by atoms with van der Waals surface area (Å²) in [5.74, 6) is -1.66. The number of rotatable bonds is 11. The molecule has 3 N–H and O–H groups in total. The number of likely N-dealkylation sites (N-methyl/N-ethyl adjacent to an activating group) is 1. The van der Waals surface area contributed by atoms with Gasteiger partial charge in [-0.05, 0) is 105 Å². The van der Waals surface area contributed by atoms with Crippen molar-refractivity contribution in [3.8, 4) is 0 Å². The van der Waals surface area contributed by atoms with Crippen molar-refractivity contribution >= 4 is 11.8 Å². The Labute approximate surface area is 308 Å². The summed E-state index contributed by atoms with van der Waals surface area (Å²) in [4.78, 5) is 33.8. The fourth-order valence-electron chi connectivity index (χ4n) is 8.17. The van der Waals surface area contributed by atoms with Crippen molar-refractivity contribution in [2.75, 3.05) is 53.4 Å². The van der Waals surface area contributed by atoms with E-state index in [0.717, 1.165) is 51.1 Å². The van der Waals surface area contributed by atoms with Gasteiger partial charge in [-0.2, -0.15) is 0 Å². The lowest BCUT2D eigenvalue weighted by atomic mass is 9.79. The molecule has 2 fully saturated rings. The van der Waals surface area contributed by atoms with Crippen molar-refractivity contribution in [2.45, 2.75) is 142 Å². The van der Waals surface area contributed by atoms with E-state index in [1.54, 1.807) is 32.0 Å². The molecule has 11 heteroatoms. The van der Waals surface area contributed by atoms with Crippen molar-refractivity contribution in [1.82, 2.24) is 14.7 Å². The van der Waals surface area contributed by atoms with E-state index in [9.17, 15) is 24.9 Å². The second kappa shape index (κ2) is 21.3. The van der Waals surface area contributed by atoms with E-state index >= 15 is 0 Å². The molecule has 0 aliphatic carbocycles. The molecule has 0 aromatic rings. The van der Waals surface area contributed by atoms with Gasteiger partial charge in [0.1, 0.15) is 12.2 Å². The third-order valence-electron chi connectivity index (χ3n) is 11.6. The molecule has 0 unspecified atom stereocenters. The number of allylic oxidation sites excluding steroid dienone is 3. The summed E-state index contributed by atoms with van der Waals surface area (Å²) in [6.07, 6.45) is 4.76. The van der Waals surface area contributed by atoms with E-state index in [1.807, 2.05) is 33.8 Å². The minimum absolute atomic E-state index is 0.0156. The summed E-state index contributed by atoms with van der Waals surface area (Å²) < 4.78 is 19.0. The third-order valence-corrected chi connectivity index (χ3v) is 11.6. The predicted molar refractivity (Wildman–Crippen MR) is 200 cm³/mol. The highest BCUT2D eigenvalue weighted by molar-refractivity contribution is 5.91. The first-order valence-electron chi connectivity index (χ1n) is 19.8. The maximum absolute atomic E-state index is 13.7. The molecule has 0 aromatic carbocycles. The summed E-state index contributed by atoms with van der Waals surface area (Å²) in [5.41, 5.74) is 0.931. The predicted octanol–water partition coefficient (Wildman–Crippen LogP) is 4.04. The van der Waals surface area contributed by atoms with Crippen molar-refractivity contribution in [3.63, 3.8) is 0 Å². The Morgan fingerprint density at radius 1 is 0.961 bits per heavy atom. The molecule has 0 amide bonds. The van der Waals surface area contributed by atoms with Crippen LogP contribution in [0.15, 0.2) is 23.8 Å². The summed E-state index contributed by atoms with van der Waals surface area (Å²) in [7, 11) is 3.59. The molecule has 2 saturated heterocycles. The number of piperidine rings is 1. The van der Waals surface area contributed by atoms with Gasteiger partial charge in [-0.3, -0.25) is 9.59 Å². The Kier molecular flexibility index (Phi) is 18.2. The molecule has 0 aromatic heterocycles. The van der Waals surface area contributed by atoms with E-state index in [1.165, 1.54) is 6.42 Å². The van der Waals surface area contributed by atoms with Crippen LogP contribution in [0.2, 0.25) is 0 Å². The topological polar surface area (TPSA) is 132 Å². The Morgan fingerprint density at radius 2 is 1.63 bits per heavy atom. The molecule has 51 heavy (non-hydrogen) atoms. The van der Waals surface area contributed by atoms with Gasteiger partial charge in [-0.25, -0.2) is 0 Å². The molecule has 0 saturated carbocycles. The SMILES string of the molecule is CC[C@H]1OC(=O)C[C@@H](O)[C@H](C)[C@@H](O[C@@H]2O[C@H](C)[C@@H](O)[C@H](N(C)C)[C@H]2O)[C@@H](CCN2CCCCC2)C[C@@H](C)C(=O)/C=C/C(C)=C/[C@@H]1CN(CC)CC. The van der Waals surface area contributed by atoms with E-state index in [4.69, 9.17) is 14.2 Å². The highest BCUT2D eigenvalue weighted by Gasteiger charge is 2.47. The lowest BCUT2D eigenvalue weighted by Gasteiger charge is -2.47. The van der Waals surface area contributed by atoms with Gasteiger partial charge in [-0.15, -0.1) is 0 Å². The number of aliphatic hydroxyl groups excluding tert-OH is 3. The summed E-state index contributed by atoms with van der Waals surface area (Å²) >= 11 is 0. The Morgan fingerprint density at radius 3 is 2.24 bits per heavy atom. The average Bonchev–Trinajstić information content (AvgIpc) is 3.10. The molecule has 11 nitrogen and oxygen atoms in total. The number of nitrogens with zero attached hydrogens (tertiary/aromatic N) is 3. The molecule has 0 spiro atoms.